The Hall–Kier alpha value is -1.94. The van der Waals surface area contributed by atoms with E-state index in [2.05, 4.69) is 0 Å². The highest BCUT2D eigenvalue weighted by Gasteiger charge is 2.09. The van der Waals surface area contributed by atoms with Crippen LogP contribution in [0, 0.1) is 0 Å². The van der Waals surface area contributed by atoms with Gasteiger partial charge in [0, 0.05) is 12.5 Å². The normalized spacial score (nSPS) is 9.94. The quantitative estimate of drug-likeness (QED) is 0.475. The molecule has 0 amide bonds. The molecule has 1 aromatic carbocycles. The summed E-state index contributed by atoms with van der Waals surface area (Å²) in [4.78, 5) is 23.4. The number of hydrogen-bond acceptors (Lipinski definition) is 4. The molecule has 0 N–H and O–H groups in total. The lowest BCUT2D eigenvalue weighted by Crippen LogP contribution is -2.02. The van der Waals surface area contributed by atoms with Crippen LogP contribution in [0.4, 0.5) is 0 Å². The minimum absolute atomic E-state index is 0.0191. The molecule has 0 radical (unpaired) electrons. The molecule has 0 aliphatic carbocycles. The number of thiophene rings is 1. The molecule has 0 saturated heterocycles. The van der Waals surface area contributed by atoms with Crippen LogP contribution < -0.4 is 4.74 Å². The van der Waals surface area contributed by atoms with Gasteiger partial charge in [-0.15, -0.1) is 11.3 Å². The molecule has 3 nitrogen and oxygen atoms in total. The van der Waals surface area contributed by atoms with Gasteiger partial charge in [0.15, 0.2) is 0 Å². The summed E-state index contributed by atoms with van der Waals surface area (Å²) in [7, 11) is 0. The summed E-state index contributed by atoms with van der Waals surface area (Å²) in [6.45, 7) is 1.34. The summed E-state index contributed by atoms with van der Waals surface area (Å²) in [5.74, 6) is 0.0527. The number of ketones is 1. The van der Waals surface area contributed by atoms with E-state index in [-0.39, 0.29) is 11.8 Å². The first-order chi connectivity index (χ1) is 8.16. The standard InChI is InChI=1S/C13H10O3S/c1-9(14)16-11-6-4-10(5-7-11)13(15)12-3-2-8-17-12/h2-8H,1H3. The third-order valence-corrected chi connectivity index (χ3v) is 2.99. The van der Waals surface area contributed by atoms with Crippen molar-refractivity contribution in [3.8, 4) is 5.75 Å². The van der Waals surface area contributed by atoms with Gasteiger partial charge in [-0.25, -0.2) is 0 Å². The number of benzene rings is 1. The van der Waals surface area contributed by atoms with Crippen LogP contribution in [0.1, 0.15) is 22.2 Å². The lowest BCUT2D eigenvalue weighted by atomic mass is 10.1. The van der Waals surface area contributed by atoms with Gasteiger partial charge < -0.3 is 4.74 Å². The summed E-state index contributed by atoms with van der Waals surface area (Å²) in [6, 6.07) is 10.2. The first-order valence-electron chi connectivity index (χ1n) is 5.03. The van der Waals surface area contributed by atoms with E-state index in [9.17, 15) is 9.59 Å². The summed E-state index contributed by atoms with van der Waals surface area (Å²) in [5, 5.41) is 1.86. The molecular formula is C13H10O3S. The molecule has 17 heavy (non-hydrogen) atoms. The fraction of sp³-hybridized carbons (Fsp3) is 0.0769. The van der Waals surface area contributed by atoms with Crippen molar-refractivity contribution in [3.05, 3.63) is 52.2 Å². The second-order valence-electron chi connectivity index (χ2n) is 3.42. The number of ether oxygens (including phenoxy) is 1. The van der Waals surface area contributed by atoms with E-state index in [1.54, 1.807) is 30.3 Å². The van der Waals surface area contributed by atoms with Gasteiger partial charge in [-0.3, -0.25) is 9.59 Å². The zero-order chi connectivity index (χ0) is 12.3. The van der Waals surface area contributed by atoms with Crippen LogP contribution in [0.15, 0.2) is 41.8 Å². The summed E-state index contributed by atoms with van der Waals surface area (Å²) in [6.07, 6.45) is 0. The van der Waals surface area contributed by atoms with E-state index in [1.807, 2.05) is 11.4 Å². The molecule has 0 bridgehead atoms. The zero-order valence-electron chi connectivity index (χ0n) is 9.17. The summed E-state index contributed by atoms with van der Waals surface area (Å²) < 4.78 is 4.89. The fourth-order valence-corrected chi connectivity index (χ4v) is 2.08. The molecule has 0 aliphatic rings. The van der Waals surface area contributed by atoms with Gasteiger partial charge in [-0.2, -0.15) is 0 Å². The molecular weight excluding hydrogens is 236 g/mol. The van der Waals surface area contributed by atoms with Crippen LogP contribution in [-0.4, -0.2) is 11.8 Å². The highest BCUT2D eigenvalue weighted by atomic mass is 32.1. The number of hydrogen-bond donors (Lipinski definition) is 0. The summed E-state index contributed by atoms with van der Waals surface area (Å²) in [5.41, 5.74) is 0.586. The maximum absolute atomic E-state index is 11.9. The maximum atomic E-state index is 11.9. The molecule has 0 aliphatic heterocycles. The van der Waals surface area contributed by atoms with Crippen molar-refractivity contribution >= 4 is 23.1 Å². The first kappa shape index (κ1) is 11.5. The lowest BCUT2D eigenvalue weighted by molar-refractivity contribution is -0.131. The van der Waals surface area contributed by atoms with Crippen molar-refractivity contribution < 1.29 is 14.3 Å². The minimum Gasteiger partial charge on any atom is -0.427 e. The molecule has 2 rings (SSSR count). The fourth-order valence-electron chi connectivity index (χ4n) is 1.39. The molecule has 0 atom stereocenters. The van der Waals surface area contributed by atoms with Crippen LogP contribution in [-0.2, 0) is 4.79 Å². The van der Waals surface area contributed by atoms with Crippen LogP contribution in [0.3, 0.4) is 0 Å². The number of carbonyl (C=O) groups is 2. The Morgan fingerprint density at radius 1 is 1.12 bits per heavy atom. The van der Waals surface area contributed by atoms with Crippen LogP contribution >= 0.6 is 11.3 Å². The second-order valence-corrected chi connectivity index (χ2v) is 4.37. The highest BCUT2D eigenvalue weighted by molar-refractivity contribution is 7.12. The Morgan fingerprint density at radius 2 is 1.82 bits per heavy atom. The van der Waals surface area contributed by atoms with Gasteiger partial charge >= 0.3 is 5.97 Å². The van der Waals surface area contributed by atoms with Gasteiger partial charge in [-0.05, 0) is 35.7 Å². The maximum Gasteiger partial charge on any atom is 0.308 e. The van der Waals surface area contributed by atoms with E-state index in [1.165, 1.54) is 18.3 Å². The van der Waals surface area contributed by atoms with Crippen molar-refractivity contribution in [1.82, 2.24) is 0 Å². The van der Waals surface area contributed by atoms with Crippen molar-refractivity contribution in [2.24, 2.45) is 0 Å². The van der Waals surface area contributed by atoms with E-state index >= 15 is 0 Å². The van der Waals surface area contributed by atoms with E-state index in [0.29, 0.717) is 16.2 Å². The predicted octanol–water partition coefficient (Wildman–Crippen LogP) is 2.90. The molecule has 0 fully saturated rings. The molecule has 0 saturated carbocycles. The second kappa shape index (κ2) is 4.93. The Kier molecular flexibility index (Phi) is 3.35. The SMILES string of the molecule is CC(=O)Oc1ccc(C(=O)c2cccs2)cc1. The average molecular weight is 246 g/mol. The molecule has 1 aromatic heterocycles. The van der Waals surface area contributed by atoms with Gasteiger partial charge in [-0.1, -0.05) is 6.07 Å². The molecule has 2 aromatic rings. The third-order valence-electron chi connectivity index (χ3n) is 2.12. The summed E-state index contributed by atoms with van der Waals surface area (Å²) >= 11 is 1.41. The van der Waals surface area contributed by atoms with Crippen LogP contribution in [0.2, 0.25) is 0 Å². The molecule has 1 heterocycles. The predicted molar refractivity (Wildman–Crippen MR) is 65.5 cm³/mol. The average Bonchev–Trinajstić information content (AvgIpc) is 2.82. The Balaban J connectivity index is 2.18. The van der Waals surface area contributed by atoms with Crippen molar-refractivity contribution in [2.75, 3.05) is 0 Å². The third kappa shape index (κ3) is 2.79. The largest absolute Gasteiger partial charge is 0.427 e. The zero-order valence-corrected chi connectivity index (χ0v) is 9.99. The van der Waals surface area contributed by atoms with Gasteiger partial charge in [0.25, 0.3) is 0 Å². The van der Waals surface area contributed by atoms with Gasteiger partial charge in [0.2, 0.25) is 5.78 Å². The number of rotatable bonds is 3. The highest BCUT2D eigenvalue weighted by Crippen LogP contribution is 2.18. The minimum atomic E-state index is -0.373. The lowest BCUT2D eigenvalue weighted by Gasteiger charge is -2.02. The first-order valence-corrected chi connectivity index (χ1v) is 5.91. The van der Waals surface area contributed by atoms with E-state index in [0.717, 1.165) is 0 Å². The van der Waals surface area contributed by atoms with Crippen LogP contribution in [0.25, 0.3) is 0 Å². The van der Waals surface area contributed by atoms with Crippen molar-refractivity contribution in [1.29, 1.82) is 0 Å². The van der Waals surface area contributed by atoms with Gasteiger partial charge in [0.1, 0.15) is 5.75 Å². The molecule has 0 unspecified atom stereocenters. The Bertz CT molecular complexity index is 526. The van der Waals surface area contributed by atoms with Crippen LogP contribution in [0.5, 0.6) is 5.75 Å². The van der Waals surface area contributed by atoms with E-state index in [4.69, 9.17) is 4.74 Å². The van der Waals surface area contributed by atoms with Gasteiger partial charge in [0.05, 0.1) is 4.88 Å². The van der Waals surface area contributed by atoms with Crippen molar-refractivity contribution in [3.63, 3.8) is 0 Å². The molecule has 86 valence electrons. The topological polar surface area (TPSA) is 43.4 Å². The number of carbonyl (C=O) groups excluding carboxylic acids is 2. The van der Waals surface area contributed by atoms with E-state index < -0.39 is 0 Å². The number of esters is 1. The Labute approximate surface area is 103 Å². The molecule has 4 heteroatoms. The Morgan fingerprint density at radius 3 is 2.35 bits per heavy atom. The van der Waals surface area contributed by atoms with Crippen molar-refractivity contribution in [2.45, 2.75) is 6.92 Å². The monoisotopic (exact) mass is 246 g/mol. The smallest absolute Gasteiger partial charge is 0.308 e. The molecule has 0 spiro atoms.